The molecule has 3 heteroatoms. The predicted octanol–water partition coefficient (Wildman–Crippen LogP) is 2.80. The summed E-state index contributed by atoms with van der Waals surface area (Å²) in [7, 11) is 5.97. The van der Waals surface area contributed by atoms with Crippen molar-refractivity contribution in [1.29, 1.82) is 0 Å². The molecule has 3 nitrogen and oxygen atoms in total. The Hall–Kier alpha value is -1.06. The van der Waals surface area contributed by atoms with Gasteiger partial charge in [0.15, 0.2) is 0 Å². The van der Waals surface area contributed by atoms with Gasteiger partial charge in [-0.1, -0.05) is 12.1 Å². The normalized spacial score (nSPS) is 23.3. The van der Waals surface area contributed by atoms with Crippen molar-refractivity contribution in [3.8, 4) is 0 Å². The molecule has 0 heterocycles. The van der Waals surface area contributed by atoms with E-state index in [0.29, 0.717) is 12.1 Å². The average molecular weight is 262 g/mol. The molecule has 0 radical (unpaired) electrons. The monoisotopic (exact) mass is 262 g/mol. The largest absolute Gasteiger partial charge is 0.381 e. The Bertz CT molecular complexity index is 375. The first-order chi connectivity index (χ1) is 9.19. The molecule has 2 rings (SSSR count). The van der Waals surface area contributed by atoms with E-state index in [4.69, 9.17) is 4.74 Å². The molecule has 2 unspecified atom stereocenters. The number of hydrogen-bond acceptors (Lipinski definition) is 3. The minimum absolute atomic E-state index is 0.447. The summed E-state index contributed by atoms with van der Waals surface area (Å²) in [5.74, 6) is 0. The quantitative estimate of drug-likeness (QED) is 0.883. The molecule has 0 bridgehead atoms. The maximum absolute atomic E-state index is 5.47. The van der Waals surface area contributed by atoms with E-state index >= 15 is 0 Å². The van der Waals surface area contributed by atoms with Crippen LogP contribution in [0.3, 0.4) is 0 Å². The number of nitrogens with one attached hydrogen (secondary N) is 1. The zero-order valence-electron chi connectivity index (χ0n) is 12.4. The molecule has 1 aliphatic rings. The highest BCUT2D eigenvalue weighted by Gasteiger charge is 2.20. The van der Waals surface area contributed by atoms with Gasteiger partial charge in [0.05, 0.1) is 6.10 Å². The second kappa shape index (κ2) is 6.92. The topological polar surface area (TPSA) is 24.5 Å². The molecule has 1 N–H and O–H groups in total. The Labute approximate surface area is 116 Å². The molecule has 1 saturated carbocycles. The van der Waals surface area contributed by atoms with Gasteiger partial charge in [0.25, 0.3) is 0 Å². The molecular formula is C16H26N2O. The van der Waals surface area contributed by atoms with Crippen LogP contribution in [0.25, 0.3) is 0 Å². The SMILES string of the molecule is COC1CCCC(NCc2ccc(N(C)C)cc2)C1. The molecule has 1 fully saturated rings. The summed E-state index contributed by atoms with van der Waals surface area (Å²) in [4.78, 5) is 2.13. The van der Waals surface area contributed by atoms with Crippen LogP contribution in [0.1, 0.15) is 31.2 Å². The lowest BCUT2D eigenvalue weighted by Gasteiger charge is -2.29. The van der Waals surface area contributed by atoms with E-state index in [1.807, 2.05) is 7.11 Å². The molecule has 0 saturated heterocycles. The van der Waals surface area contributed by atoms with E-state index < -0.39 is 0 Å². The maximum Gasteiger partial charge on any atom is 0.0586 e. The summed E-state index contributed by atoms with van der Waals surface area (Å²) in [6.07, 6.45) is 5.35. The molecule has 0 aliphatic heterocycles. The molecule has 1 aliphatic carbocycles. The van der Waals surface area contributed by atoms with Crippen molar-refractivity contribution in [2.75, 3.05) is 26.1 Å². The molecule has 0 spiro atoms. The molecule has 0 amide bonds. The van der Waals surface area contributed by atoms with Crippen LogP contribution < -0.4 is 10.2 Å². The fourth-order valence-corrected chi connectivity index (χ4v) is 2.72. The Morgan fingerprint density at radius 3 is 2.58 bits per heavy atom. The second-order valence-electron chi connectivity index (χ2n) is 5.66. The van der Waals surface area contributed by atoms with E-state index in [0.717, 1.165) is 13.0 Å². The number of nitrogens with zero attached hydrogens (tertiary/aromatic N) is 1. The maximum atomic E-state index is 5.47. The van der Waals surface area contributed by atoms with Gasteiger partial charge in [0.2, 0.25) is 0 Å². The number of rotatable bonds is 5. The zero-order valence-corrected chi connectivity index (χ0v) is 12.4. The van der Waals surface area contributed by atoms with Crippen molar-refractivity contribution < 1.29 is 4.74 Å². The van der Waals surface area contributed by atoms with Gasteiger partial charge in [-0.3, -0.25) is 0 Å². The first-order valence-corrected chi connectivity index (χ1v) is 7.21. The lowest BCUT2D eigenvalue weighted by molar-refractivity contribution is 0.0586. The summed E-state index contributed by atoms with van der Waals surface area (Å²) in [6.45, 7) is 0.953. The molecule has 106 valence electrons. The predicted molar refractivity (Wildman–Crippen MR) is 80.7 cm³/mol. The van der Waals surface area contributed by atoms with E-state index in [1.165, 1.54) is 30.5 Å². The summed E-state index contributed by atoms with van der Waals surface area (Å²) in [5, 5.41) is 3.66. The van der Waals surface area contributed by atoms with Crippen LogP contribution in [0.2, 0.25) is 0 Å². The Balaban J connectivity index is 1.81. The van der Waals surface area contributed by atoms with Crippen LogP contribution in [0.15, 0.2) is 24.3 Å². The number of anilines is 1. The minimum atomic E-state index is 0.447. The van der Waals surface area contributed by atoms with Crippen LogP contribution in [0.4, 0.5) is 5.69 Å². The van der Waals surface area contributed by atoms with Crippen LogP contribution in [0, 0.1) is 0 Å². The third kappa shape index (κ3) is 4.22. The van der Waals surface area contributed by atoms with E-state index in [-0.39, 0.29) is 0 Å². The smallest absolute Gasteiger partial charge is 0.0586 e. The van der Waals surface area contributed by atoms with Gasteiger partial charge < -0.3 is 15.0 Å². The first kappa shape index (κ1) is 14.4. The van der Waals surface area contributed by atoms with Crippen molar-refractivity contribution in [3.63, 3.8) is 0 Å². The van der Waals surface area contributed by atoms with Crippen molar-refractivity contribution >= 4 is 5.69 Å². The lowest BCUT2D eigenvalue weighted by Crippen LogP contribution is -2.36. The molecule has 1 aromatic carbocycles. The van der Waals surface area contributed by atoms with Gasteiger partial charge in [-0.25, -0.2) is 0 Å². The number of hydrogen-bond donors (Lipinski definition) is 1. The first-order valence-electron chi connectivity index (χ1n) is 7.21. The van der Waals surface area contributed by atoms with Crippen LogP contribution in [0.5, 0.6) is 0 Å². The summed E-state index contributed by atoms with van der Waals surface area (Å²) in [5.41, 5.74) is 2.60. The Kier molecular flexibility index (Phi) is 5.23. The third-order valence-electron chi connectivity index (χ3n) is 4.01. The molecule has 1 aromatic rings. The summed E-state index contributed by atoms with van der Waals surface area (Å²) in [6, 6.07) is 9.37. The van der Waals surface area contributed by atoms with Crippen LogP contribution in [-0.2, 0) is 11.3 Å². The summed E-state index contributed by atoms with van der Waals surface area (Å²) >= 11 is 0. The molecule has 0 aromatic heterocycles. The minimum Gasteiger partial charge on any atom is -0.381 e. The van der Waals surface area contributed by atoms with Gasteiger partial charge in [0.1, 0.15) is 0 Å². The zero-order chi connectivity index (χ0) is 13.7. The Morgan fingerprint density at radius 2 is 1.95 bits per heavy atom. The number of benzene rings is 1. The highest BCUT2D eigenvalue weighted by atomic mass is 16.5. The van der Waals surface area contributed by atoms with Gasteiger partial charge in [-0.2, -0.15) is 0 Å². The third-order valence-corrected chi connectivity index (χ3v) is 4.01. The number of ether oxygens (including phenoxy) is 1. The molecule has 2 atom stereocenters. The van der Waals surface area contributed by atoms with Crippen molar-refractivity contribution in [2.45, 2.75) is 44.4 Å². The van der Waals surface area contributed by atoms with Crippen molar-refractivity contribution in [3.05, 3.63) is 29.8 Å². The molecular weight excluding hydrogens is 236 g/mol. The highest BCUT2D eigenvalue weighted by Crippen LogP contribution is 2.21. The van der Waals surface area contributed by atoms with Crippen LogP contribution >= 0.6 is 0 Å². The van der Waals surface area contributed by atoms with Gasteiger partial charge in [-0.05, 0) is 43.4 Å². The van der Waals surface area contributed by atoms with Gasteiger partial charge in [-0.15, -0.1) is 0 Å². The number of methoxy groups -OCH3 is 1. The van der Waals surface area contributed by atoms with Gasteiger partial charge >= 0.3 is 0 Å². The second-order valence-corrected chi connectivity index (χ2v) is 5.66. The van der Waals surface area contributed by atoms with E-state index in [1.54, 1.807) is 0 Å². The lowest BCUT2D eigenvalue weighted by atomic mass is 9.92. The standard InChI is InChI=1S/C16H26N2O/c1-18(2)15-9-7-13(8-10-15)12-17-14-5-4-6-16(11-14)19-3/h7-10,14,16-17H,4-6,11-12H2,1-3H3. The average Bonchev–Trinajstić information content (AvgIpc) is 2.46. The van der Waals surface area contributed by atoms with E-state index in [2.05, 4.69) is 48.6 Å². The van der Waals surface area contributed by atoms with Gasteiger partial charge in [0, 0.05) is 39.5 Å². The van der Waals surface area contributed by atoms with Crippen molar-refractivity contribution in [2.24, 2.45) is 0 Å². The van der Waals surface area contributed by atoms with Crippen molar-refractivity contribution in [1.82, 2.24) is 5.32 Å². The van der Waals surface area contributed by atoms with E-state index in [9.17, 15) is 0 Å². The molecule has 19 heavy (non-hydrogen) atoms. The highest BCUT2D eigenvalue weighted by molar-refractivity contribution is 5.45. The fourth-order valence-electron chi connectivity index (χ4n) is 2.72. The van der Waals surface area contributed by atoms with Crippen LogP contribution in [-0.4, -0.2) is 33.4 Å². The summed E-state index contributed by atoms with van der Waals surface area (Å²) < 4.78 is 5.47. The Morgan fingerprint density at radius 1 is 1.21 bits per heavy atom. The fraction of sp³-hybridized carbons (Fsp3) is 0.625.